The first-order valence-corrected chi connectivity index (χ1v) is 14.8. The summed E-state index contributed by atoms with van der Waals surface area (Å²) in [6, 6.07) is 11.1. The second-order valence-corrected chi connectivity index (χ2v) is 13.4. The first kappa shape index (κ1) is 28.1. The highest BCUT2D eigenvalue weighted by Gasteiger charge is 2.33. The topological polar surface area (TPSA) is 50.7 Å². The molecule has 0 saturated heterocycles. The molecule has 0 spiro atoms. The van der Waals surface area contributed by atoms with Crippen LogP contribution in [0.5, 0.6) is 5.75 Å². The maximum absolute atomic E-state index is 13.5. The van der Waals surface area contributed by atoms with E-state index in [0.717, 1.165) is 44.3 Å². The molecule has 194 valence electrons. The van der Waals surface area contributed by atoms with E-state index < -0.39 is 0 Å². The molecule has 0 fully saturated rings. The number of carbonyl (C=O) groups excluding carboxylic acids is 1. The number of fused-ring (bicyclic) bond motifs is 1. The number of anilines is 1. The molecule has 0 bridgehead atoms. The highest BCUT2D eigenvalue weighted by Crippen LogP contribution is 2.45. The summed E-state index contributed by atoms with van der Waals surface area (Å²) < 4.78 is 7.35. The lowest BCUT2D eigenvalue weighted by atomic mass is 9.72. The highest BCUT2D eigenvalue weighted by atomic mass is 79.9. The van der Waals surface area contributed by atoms with Crippen molar-refractivity contribution < 1.29 is 9.53 Å². The lowest BCUT2D eigenvalue weighted by Crippen LogP contribution is -2.27. The minimum Gasteiger partial charge on any atom is -0.487 e. The first-order chi connectivity index (χ1) is 17.6. The number of ether oxygens (including phenoxy) is 1. The number of hydrogen-bond donors (Lipinski definition) is 1. The van der Waals surface area contributed by atoms with Crippen LogP contribution in [0.3, 0.4) is 0 Å². The number of benzene rings is 2. The molecule has 1 N–H and O–H groups in total. The number of aliphatic imine (C=N–C) groups is 1. The summed E-state index contributed by atoms with van der Waals surface area (Å²) >= 11 is 14.8. The fourth-order valence-corrected chi connectivity index (χ4v) is 7.28. The number of hydrogen-bond acceptors (Lipinski definition) is 4. The van der Waals surface area contributed by atoms with Gasteiger partial charge >= 0.3 is 0 Å². The van der Waals surface area contributed by atoms with E-state index in [9.17, 15) is 4.79 Å². The zero-order chi connectivity index (χ0) is 26.7. The van der Waals surface area contributed by atoms with Gasteiger partial charge in [-0.2, -0.15) is 0 Å². The van der Waals surface area contributed by atoms with Crippen LogP contribution in [0.1, 0.15) is 53.6 Å². The van der Waals surface area contributed by atoms with Crippen molar-refractivity contribution in [1.29, 1.82) is 0 Å². The third kappa shape index (κ3) is 6.75. The van der Waals surface area contributed by atoms with Crippen LogP contribution in [0.25, 0.3) is 0 Å². The molecule has 1 heterocycles. The van der Waals surface area contributed by atoms with Gasteiger partial charge in [0.1, 0.15) is 17.4 Å². The Balaban J connectivity index is 1.69. The molecule has 1 atom stereocenters. The van der Waals surface area contributed by atoms with Crippen LogP contribution < -0.4 is 10.1 Å². The minimum atomic E-state index is -0.142. The summed E-state index contributed by atoms with van der Waals surface area (Å²) in [4.78, 5) is 19.6. The van der Waals surface area contributed by atoms with Gasteiger partial charge in [0.15, 0.2) is 0 Å². The number of nitrogens with one attached hydrogen (secondary N) is 1. The maximum atomic E-state index is 13.5. The Morgan fingerprint density at radius 1 is 1.24 bits per heavy atom. The molecule has 37 heavy (non-hydrogen) atoms. The number of amides is 1. The van der Waals surface area contributed by atoms with Gasteiger partial charge < -0.3 is 10.1 Å². The summed E-state index contributed by atoms with van der Waals surface area (Å²) in [6.45, 7) is 11.0. The standard InChI is InChI=1S/C29H29Br2ClN2O2S/c1-5-12-36-26-22(30)13-17(14-23(26)31)16-33-28-25(27(35)34-20-9-7-19(32)8-10-20)21-11-6-18(29(2,3)4)15-24(21)37-28/h5,7-10,13-14,16,18H,1,6,11-12,15H2,2-4H3,(H,34,35)/t18-/m1/s1. The van der Waals surface area contributed by atoms with E-state index in [1.165, 1.54) is 4.88 Å². The summed E-state index contributed by atoms with van der Waals surface area (Å²) in [5.74, 6) is 1.13. The average molecular weight is 665 g/mol. The third-order valence-corrected chi connectivity index (χ3v) is 9.09. The van der Waals surface area contributed by atoms with Gasteiger partial charge in [0, 0.05) is 21.8 Å². The van der Waals surface area contributed by atoms with Crippen molar-refractivity contribution in [3.8, 4) is 5.75 Å². The van der Waals surface area contributed by atoms with E-state index >= 15 is 0 Å². The Hall–Kier alpha value is -1.93. The van der Waals surface area contributed by atoms with E-state index in [1.807, 2.05) is 24.3 Å². The van der Waals surface area contributed by atoms with E-state index in [0.29, 0.717) is 34.5 Å². The first-order valence-electron chi connectivity index (χ1n) is 12.0. The van der Waals surface area contributed by atoms with Gasteiger partial charge in [-0.3, -0.25) is 4.79 Å². The Labute approximate surface area is 244 Å². The number of rotatable bonds is 7. The second-order valence-electron chi connectivity index (χ2n) is 10.1. The Morgan fingerprint density at radius 3 is 2.54 bits per heavy atom. The Kier molecular flexibility index (Phi) is 9.00. The molecule has 1 aliphatic rings. The largest absolute Gasteiger partial charge is 0.487 e. The van der Waals surface area contributed by atoms with Crippen molar-refractivity contribution in [2.75, 3.05) is 11.9 Å². The molecule has 4 rings (SSSR count). The second kappa shape index (κ2) is 11.9. The van der Waals surface area contributed by atoms with E-state index in [2.05, 4.69) is 64.5 Å². The van der Waals surface area contributed by atoms with Crippen LogP contribution in [0.4, 0.5) is 10.7 Å². The Morgan fingerprint density at radius 2 is 1.92 bits per heavy atom. The van der Waals surface area contributed by atoms with Gasteiger partial charge in [0.25, 0.3) is 5.91 Å². The maximum Gasteiger partial charge on any atom is 0.259 e. The monoisotopic (exact) mass is 662 g/mol. The van der Waals surface area contributed by atoms with Gasteiger partial charge in [-0.1, -0.05) is 45.0 Å². The van der Waals surface area contributed by atoms with Gasteiger partial charge in [-0.15, -0.1) is 11.3 Å². The molecule has 0 aliphatic heterocycles. The summed E-state index contributed by atoms with van der Waals surface area (Å²) in [5, 5.41) is 4.40. The van der Waals surface area contributed by atoms with Crippen molar-refractivity contribution in [2.24, 2.45) is 16.3 Å². The van der Waals surface area contributed by atoms with E-state index in [-0.39, 0.29) is 11.3 Å². The van der Waals surface area contributed by atoms with Crippen LogP contribution in [-0.2, 0) is 12.8 Å². The predicted molar refractivity (Wildman–Crippen MR) is 163 cm³/mol. The number of thiophene rings is 1. The van der Waals surface area contributed by atoms with E-state index in [1.54, 1.807) is 35.8 Å². The molecule has 8 heteroatoms. The molecular formula is C29H29Br2ClN2O2S. The molecule has 1 aromatic heterocycles. The van der Waals surface area contributed by atoms with Crippen LogP contribution in [-0.4, -0.2) is 18.7 Å². The molecule has 4 nitrogen and oxygen atoms in total. The number of nitrogens with zero attached hydrogens (tertiary/aromatic N) is 1. The van der Waals surface area contributed by atoms with Gasteiger partial charge in [0.2, 0.25) is 0 Å². The zero-order valence-electron chi connectivity index (χ0n) is 21.0. The van der Waals surface area contributed by atoms with Crippen LogP contribution in [0, 0.1) is 11.3 Å². The zero-order valence-corrected chi connectivity index (χ0v) is 25.8. The predicted octanol–water partition coefficient (Wildman–Crippen LogP) is 9.65. The van der Waals surface area contributed by atoms with Crippen LogP contribution in [0.15, 0.2) is 63.0 Å². The average Bonchev–Trinajstić information content (AvgIpc) is 3.21. The van der Waals surface area contributed by atoms with Crippen LogP contribution in [0.2, 0.25) is 5.02 Å². The normalized spacial score (nSPS) is 15.5. The molecule has 0 unspecified atom stereocenters. The molecule has 1 aliphatic carbocycles. The van der Waals surface area contributed by atoms with Gasteiger partial charge in [-0.25, -0.2) is 4.99 Å². The van der Waals surface area contributed by atoms with Crippen molar-refractivity contribution in [1.82, 2.24) is 0 Å². The molecule has 0 radical (unpaired) electrons. The fraction of sp³-hybridized carbons (Fsp3) is 0.310. The lowest BCUT2D eigenvalue weighted by Gasteiger charge is -2.33. The molecule has 2 aromatic carbocycles. The van der Waals surface area contributed by atoms with Crippen LogP contribution >= 0.6 is 54.8 Å². The molecule has 3 aromatic rings. The van der Waals surface area contributed by atoms with Crippen molar-refractivity contribution in [2.45, 2.75) is 40.0 Å². The van der Waals surface area contributed by atoms with Gasteiger partial charge in [-0.05, 0) is 110 Å². The molecular weight excluding hydrogens is 636 g/mol. The third-order valence-electron chi connectivity index (χ3n) is 6.50. The smallest absolute Gasteiger partial charge is 0.259 e. The van der Waals surface area contributed by atoms with E-state index in [4.69, 9.17) is 21.3 Å². The van der Waals surface area contributed by atoms with Crippen molar-refractivity contribution >= 4 is 77.6 Å². The molecule has 1 amide bonds. The number of carbonyl (C=O) groups is 1. The summed E-state index contributed by atoms with van der Waals surface area (Å²) in [6.07, 6.45) is 6.40. The van der Waals surface area contributed by atoms with Crippen molar-refractivity contribution in [3.05, 3.63) is 84.6 Å². The minimum absolute atomic E-state index is 0.142. The Bertz CT molecular complexity index is 1320. The van der Waals surface area contributed by atoms with Gasteiger partial charge in [0.05, 0.1) is 14.5 Å². The molecule has 0 saturated carbocycles. The van der Waals surface area contributed by atoms with Crippen molar-refractivity contribution in [3.63, 3.8) is 0 Å². The quantitative estimate of drug-likeness (QED) is 0.202. The highest BCUT2D eigenvalue weighted by molar-refractivity contribution is 9.11. The lowest BCUT2D eigenvalue weighted by molar-refractivity contribution is 0.102. The fourth-order valence-electron chi connectivity index (χ4n) is 4.43. The summed E-state index contributed by atoms with van der Waals surface area (Å²) in [5.41, 5.74) is 3.59. The summed E-state index contributed by atoms with van der Waals surface area (Å²) in [7, 11) is 0. The number of halogens is 3. The SMILES string of the molecule is C=CCOc1c(Br)cc(C=Nc2sc3c(c2C(=O)Nc2ccc(Cl)cc2)CC[C@@H](C(C)(C)C)C3)cc1Br.